The first-order chi connectivity index (χ1) is 6.18. The number of rotatable bonds is 1. The minimum atomic E-state index is -0.852. The van der Waals surface area contributed by atoms with E-state index in [2.05, 4.69) is 26.0 Å². The molecule has 0 unspecified atom stereocenters. The predicted octanol–water partition coefficient (Wildman–Crippen LogP) is 2.10. The third-order valence-electron chi connectivity index (χ3n) is 2.17. The summed E-state index contributed by atoms with van der Waals surface area (Å²) in [6, 6.07) is 5.28. The molecule has 0 fully saturated rings. The molecule has 0 atom stereocenters. The van der Waals surface area contributed by atoms with E-state index in [0.717, 1.165) is 24.2 Å². The van der Waals surface area contributed by atoms with Crippen LogP contribution < -0.4 is 3.11 Å². The van der Waals surface area contributed by atoms with Crippen molar-refractivity contribution < 1.29 is 9.90 Å². The smallest absolute Gasteiger partial charge is 0.335 e. The highest BCUT2D eigenvalue weighted by atomic mass is 127. The van der Waals surface area contributed by atoms with Crippen LogP contribution in [0.5, 0.6) is 0 Å². The molecule has 1 aromatic carbocycles. The lowest BCUT2D eigenvalue weighted by Gasteiger charge is -2.08. The number of hydrogen-bond acceptors (Lipinski definition) is 2. The predicted molar refractivity (Wildman–Crippen MR) is 58.5 cm³/mol. The SMILES string of the molecule is O=C(O)c1ccc2c(c1)CCN2I. The maximum absolute atomic E-state index is 10.7. The lowest BCUT2D eigenvalue weighted by Crippen LogP contribution is -2.03. The van der Waals surface area contributed by atoms with E-state index in [1.54, 1.807) is 12.1 Å². The molecule has 0 bridgehead atoms. The van der Waals surface area contributed by atoms with E-state index >= 15 is 0 Å². The lowest BCUT2D eigenvalue weighted by molar-refractivity contribution is 0.0697. The highest BCUT2D eigenvalue weighted by Gasteiger charge is 2.18. The molecule has 1 aliphatic heterocycles. The van der Waals surface area contributed by atoms with Gasteiger partial charge in [0, 0.05) is 12.2 Å². The van der Waals surface area contributed by atoms with Gasteiger partial charge in [0.1, 0.15) is 0 Å². The van der Waals surface area contributed by atoms with E-state index in [4.69, 9.17) is 5.11 Å². The van der Waals surface area contributed by atoms with Gasteiger partial charge in [-0.15, -0.1) is 0 Å². The van der Waals surface area contributed by atoms with Gasteiger partial charge in [0.2, 0.25) is 0 Å². The molecule has 4 heteroatoms. The Hall–Kier alpha value is -0.780. The second kappa shape index (κ2) is 3.17. The van der Waals surface area contributed by atoms with Crippen molar-refractivity contribution in [3.8, 4) is 0 Å². The van der Waals surface area contributed by atoms with E-state index in [1.807, 2.05) is 6.07 Å². The number of carboxylic acid groups (broad SMARTS) is 1. The van der Waals surface area contributed by atoms with Crippen LogP contribution in [0, 0.1) is 0 Å². The molecule has 0 spiro atoms. The molecule has 1 heterocycles. The normalized spacial score (nSPS) is 14.4. The van der Waals surface area contributed by atoms with Gasteiger partial charge in [0.15, 0.2) is 0 Å². The van der Waals surface area contributed by atoms with Gasteiger partial charge in [-0.2, -0.15) is 0 Å². The van der Waals surface area contributed by atoms with Gasteiger partial charge in [-0.1, -0.05) is 0 Å². The fourth-order valence-electron chi connectivity index (χ4n) is 1.49. The summed E-state index contributed by atoms with van der Waals surface area (Å²) in [6.45, 7) is 0.971. The second-order valence-corrected chi connectivity index (χ2v) is 4.15. The first-order valence-corrected chi connectivity index (χ1v) is 4.94. The van der Waals surface area contributed by atoms with Crippen molar-refractivity contribution in [2.24, 2.45) is 0 Å². The molecule has 0 amide bonds. The van der Waals surface area contributed by atoms with Crippen LogP contribution in [0.25, 0.3) is 0 Å². The molecule has 0 aromatic heterocycles. The number of aromatic carboxylic acids is 1. The van der Waals surface area contributed by atoms with E-state index in [9.17, 15) is 4.79 Å². The fourth-order valence-corrected chi connectivity index (χ4v) is 2.21. The maximum atomic E-state index is 10.7. The van der Waals surface area contributed by atoms with Crippen molar-refractivity contribution >= 4 is 34.5 Å². The van der Waals surface area contributed by atoms with Gasteiger partial charge in [0.25, 0.3) is 0 Å². The molecule has 68 valence electrons. The topological polar surface area (TPSA) is 40.5 Å². The highest BCUT2D eigenvalue weighted by molar-refractivity contribution is 14.1. The summed E-state index contributed by atoms with van der Waals surface area (Å²) in [5, 5.41) is 8.77. The minimum Gasteiger partial charge on any atom is -0.478 e. The summed E-state index contributed by atoms with van der Waals surface area (Å²) in [5.41, 5.74) is 2.66. The molecular formula is C9H8INO2. The molecule has 1 aromatic rings. The lowest BCUT2D eigenvalue weighted by atomic mass is 10.1. The number of carboxylic acids is 1. The van der Waals surface area contributed by atoms with Crippen LogP contribution in [-0.2, 0) is 6.42 Å². The third kappa shape index (κ3) is 1.50. The van der Waals surface area contributed by atoms with Crippen molar-refractivity contribution in [2.75, 3.05) is 9.66 Å². The first-order valence-electron chi connectivity index (χ1n) is 3.98. The standard InChI is InChI=1S/C9H8INO2/c10-11-4-3-6-5-7(9(12)13)1-2-8(6)11/h1-2,5H,3-4H2,(H,12,13). The van der Waals surface area contributed by atoms with Crippen molar-refractivity contribution in [1.82, 2.24) is 0 Å². The summed E-state index contributed by atoms with van der Waals surface area (Å²) in [7, 11) is 0. The Kier molecular flexibility index (Phi) is 2.15. The Balaban J connectivity index is 2.45. The van der Waals surface area contributed by atoms with Crippen LogP contribution >= 0.6 is 22.9 Å². The summed E-state index contributed by atoms with van der Waals surface area (Å²) >= 11 is 2.24. The third-order valence-corrected chi connectivity index (χ3v) is 3.17. The van der Waals surface area contributed by atoms with Crippen molar-refractivity contribution in [1.29, 1.82) is 0 Å². The van der Waals surface area contributed by atoms with Crippen LogP contribution in [0.4, 0.5) is 5.69 Å². The molecule has 13 heavy (non-hydrogen) atoms. The van der Waals surface area contributed by atoms with Crippen LogP contribution in [0.2, 0.25) is 0 Å². The fraction of sp³-hybridized carbons (Fsp3) is 0.222. The zero-order chi connectivity index (χ0) is 9.42. The molecule has 3 nitrogen and oxygen atoms in total. The Bertz CT molecular complexity index is 365. The van der Waals surface area contributed by atoms with Crippen LogP contribution in [-0.4, -0.2) is 17.6 Å². The zero-order valence-corrected chi connectivity index (χ0v) is 8.98. The van der Waals surface area contributed by atoms with Gasteiger partial charge in [-0.05, 0) is 30.2 Å². The molecular weight excluding hydrogens is 281 g/mol. The number of nitrogens with zero attached hydrogens (tertiary/aromatic N) is 1. The minimum absolute atomic E-state index is 0.380. The Morgan fingerprint density at radius 1 is 1.54 bits per heavy atom. The van der Waals surface area contributed by atoms with Crippen LogP contribution in [0.3, 0.4) is 0 Å². The molecule has 1 N–H and O–H groups in total. The molecule has 0 saturated carbocycles. The molecule has 0 aliphatic carbocycles. The molecule has 1 aliphatic rings. The van der Waals surface area contributed by atoms with Crippen LogP contribution in [0.15, 0.2) is 18.2 Å². The van der Waals surface area contributed by atoms with Crippen LogP contribution in [0.1, 0.15) is 15.9 Å². The highest BCUT2D eigenvalue weighted by Crippen LogP contribution is 2.31. The van der Waals surface area contributed by atoms with E-state index in [1.165, 1.54) is 0 Å². The molecule has 0 radical (unpaired) electrons. The first kappa shape index (κ1) is 8.80. The van der Waals surface area contributed by atoms with Crippen molar-refractivity contribution in [3.05, 3.63) is 29.3 Å². The summed E-state index contributed by atoms with van der Waals surface area (Å²) < 4.78 is 2.11. The van der Waals surface area contributed by atoms with Gasteiger partial charge in [0.05, 0.1) is 28.4 Å². The number of anilines is 1. The Morgan fingerprint density at radius 2 is 2.31 bits per heavy atom. The molecule has 2 rings (SSSR count). The van der Waals surface area contributed by atoms with E-state index < -0.39 is 5.97 Å². The average molecular weight is 289 g/mol. The number of benzene rings is 1. The summed E-state index contributed by atoms with van der Waals surface area (Å²) in [5.74, 6) is -0.852. The van der Waals surface area contributed by atoms with Gasteiger partial charge >= 0.3 is 5.97 Å². The van der Waals surface area contributed by atoms with E-state index in [-0.39, 0.29) is 0 Å². The monoisotopic (exact) mass is 289 g/mol. The van der Waals surface area contributed by atoms with Crippen molar-refractivity contribution in [2.45, 2.75) is 6.42 Å². The van der Waals surface area contributed by atoms with E-state index in [0.29, 0.717) is 5.56 Å². The quantitative estimate of drug-likeness (QED) is 0.636. The second-order valence-electron chi connectivity index (χ2n) is 2.98. The largest absolute Gasteiger partial charge is 0.478 e. The number of halogens is 1. The maximum Gasteiger partial charge on any atom is 0.335 e. The zero-order valence-electron chi connectivity index (χ0n) is 6.83. The Morgan fingerprint density at radius 3 is 3.00 bits per heavy atom. The summed E-state index contributed by atoms with van der Waals surface area (Å²) in [6.07, 6.45) is 0.944. The average Bonchev–Trinajstić information content (AvgIpc) is 2.47. The van der Waals surface area contributed by atoms with Gasteiger partial charge in [-0.25, -0.2) is 4.79 Å². The molecule has 0 saturated heterocycles. The number of hydrogen-bond donors (Lipinski definition) is 1. The Labute approximate surface area is 89.9 Å². The number of fused-ring (bicyclic) bond motifs is 1. The van der Waals surface area contributed by atoms with Crippen molar-refractivity contribution in [3.63, 3.8) is 0 Å². The van der Waals surface area contributed by atoms with Gasteiger partial charge in [-0.3, -0.25) is 0 Å². The van der Waals surface area contributed by atoms with Gasteiger partial charge < -0.3 is 8.22 Å². The summed E-state index contributed by atoms with van der Waals surface area (Å²) in [4.78, 5) is 10.7. The number of carbonyl (C=O) groups is 1.